The quantitative estimate of drug-likeness (QED) is 0.254. The molecule has 4 fully saturated rings. The fraction of sp³-hybridized carbons (Fsp3) is 0.771. The Bertz CT molecular complexity index is 1360. The van der Waals surface area contributed by atoms with Crippen LogP contribution in [0.1, 0.15) is 98.3 Å². The molecule has 12 nitrogen and oxygen atoms in total. The fourth-order valence-corrected chi connectivity index (χ4v) is 9.93. The zero-order chi connectivity index (χ0) is 34.5. The van der Waals surface area contributed by atoms with Crippen LogP contribution in [0.4, 0.5) is 0 Å². The summed E-state index contributed by atoms with van der Waals surface area (Å²) >= 11 is 0. The molecule has 12 heteroatoms. The van der Waals surface area contributed by atoms with E-state index in [2.05, 4.69) is 12.2 Å². The molecule has 1 heterocycles. The second kappa shape index (κ2) is 13.1. The number of carboxylic acids is 1. The Morgan fingerprint density at radius 2 is 1.79 bits per heavy atom. The van der Waals surface area contributed by atoms with Crippen LogP contribution in [0, 0.1) is 34.5 Å². The van der Waals surface area contributed by atoms with Crippen LogP contribution in [0.25, 0.3) is 0 Å². The van der Waals surface area contributed by atoms with E-state index in [0.29, 0.717) is 38.6 Å². The molecule has 0 aromatic heterocycles. The van der Waals surface area contributed by atoms with Crippen LogP contribution in [-0.2, 0) is 33.5 Å². The Morgan fingerprint density at radius 1 is 1.06 bits per heavy atom. The lowest BCUT2D eigenvalue weighted by molar-refractivity contribution is -0.184. The lowest BCUT2D eigenvalue weighted by atomic mass is 9.45. The van der Waals surface area contributed by atoms with Crippen molar-refractivity contribution in [2.24, 2.45) is 34.5 Å². The van der Waals surface area contributed by atoms with Crippen LogP contribution in [0.15, 0.2) is 11.6 Å². The third-order valence-electron chi connectivity index (χ3n) is 12.5. The summed E-state index contributed by atoms with van der Waals surface area (Å²) in [7, 11) is 0. The summed E-state index contributed by atoms with van der Waals surface area (Å²) in [6.07, 6.45) is 4.97. The molecule has 0 radical (unpaired) electrons. The number of ketones is 2. The Morgan fingerprint density at radius 3 is 2.47 bits per heavy atom. The Balaban J connectivity index is 1.15. The van der Waals surface area contributed by atoms with Crippen LogP contribution in [0.5, 0.6) is 0 Å². The first kappa shape index (κ1) is 35.2. The minimum atomic E-state index is -1.78. The maximum atomic E-state index is 13.5. The predicted molar refractivity (Wildman–Crippen MR) is 167 cm³/mol. The summed E-state index contributed by atoms with van der Waals surface area (Å²) in [6.45, 7) is 7.11. The molecule has 9 atom stereocenters. The van der Waals surface area contributed by atoms with E-state index < -0.39 is 65.3 Å². The van der Waals surface area contributed by atoms with Crippen LogP contribution in [-0.4, -0.2) is 92.5 Å². The van der Waals surface area contributed by atoms with Gasteiger partial charge in [-0.1, -0.05) is 33.3 Å². The van der Waals surface area contributed by atoms with Crippen molar-refractivity contribution in [3.05, 3.63) is 11.6 Å². The number of hydrogen-bond acceptors (Lipinski definition) is 9. The predicted octanol–water partition coefficient (Wildman–Crippen LogP) is 2.33. The number of esters is 1. The van der Waals surface area contributed by atoms with Crippen molar-refractivity contribution < 1.29 is 48.8 Å². The second-order valence-electron chi connectivity index (χ2n) is 15.4. The first-order valence-electron chi connectivity index (χ1n) is 17.2. The largest absolute Gasteiger partial charge is 0.480 e. The van der Waals surface area contributed by atoms with Gasteiger partial charge in [0.1, 0.15) is 17.7 Å². The summed E-state index contributed by atoms with van der Waals surface area (Å²) in [5.41, 5.74) is -1.88. The van der Waals surface area contributed by atoms with Crippen molar-refractivity contribution in [3.63, 3.8) is 0 Å². The number of aliphatic hydroxyl groups is 2. The molecule has 1 saturated heterocycles. The number of carbonyl (C=O) groups is 6. The van der Waals surface area contributed by atoms with Crippen LogP contribution in [0.3, 0.4) is 0 Å². The number of nitrogens with one attached hydrogen (secondary N) is 1. The molecule has 0 bridgehead atoms. The van der Waals surface area contributed by atoms with Gasteiger partial charge in [-0.15, -0.1) is 0 Å². The van der Waals surface area contributed by atoms with Gasteiger partial charge < -0.3 is 30.3 Å². The summed E-state index contributed by atoms with van der Waals surface area (Å²) in [6, 6.07) is -1.88. The van der Waals surface area contributed by atoms with E-state index in [1.54, 1.807) is 19.9 Å². The number of likely N-dealkylation sites (tertiary alicyclic amines) is 1. The number of amides is 2. The van der Waals surface area contributed by atoms with Gasteiger partial charge in [0, 0.05) is 24.8 Å². The van der Waals surface area contributed by atoms with Crippen LogP contribution < -0.4 is 5.32 Å². The monoisotopic (exact) mass is 658 g/mol. The number of rotatable bonds is 10. The molecule has 4 aliphatic carbocycles. The van der Waals surface area contributed by atoms with Crippen molar-refractivity contribution in [2.75, 3.05) is 13.2 Å². The van der Waals surface area contributed by atoms with Gasteiger partial charge in [0.05, 0.1) is 12.5 Å². The average Bonchev–Trinajstić information content (AvgIpc) is 3.61. The molecule has 0 aromatic rings. The van der Waals surface area contributed by atoms with Crippen molar-refractivity contribution in [3.8, 4) is 0 Å². The first-order chi connectivity index (χ1) is 22.0. The summed E-state index contributed by atoms with van der Waals surface area (Å²) in [4.78, 5) is 76.9. The molecule has 5 rings (SSSR count). The summed E-state index contributed by atoms with van der Waals surface area (Å²) < 4.78 is 5.24. The first-order valence-corrected chi connectivity index (χ1v) is 17.2. The molecular formula is C35H50N2O10. The normalized spacial score (nSPS) is 36.9. The summed E-state index contributed by atoms with van der Waals surface area (Å²) in [5, 5.41) is 35.5. The van der Waals surface area contributed by atoms with Gasteiger partial charge in [-0.05, 0) is 86.5 Å². The van der Waals surface area contributed by atoms with Gasteiger partial charge >= 0.3 is 11.9 Å². The highest BCUT2D eigenvalue weighted by atomic mass is 16.5. The minimum Gasteiger partial charge on any atom is -0.480 e. The van der Waals surface area contributed by atoms with Gasteiger partial charge in [-0.3, -0.25) is 24.0 Å². The second-order valence-corrected chi connectivity index (χ2v) is 15.4. The number of aliphatic carboxylic acids is 1. The molecule has 0 spiro atoms. The number of carboxylic acid groups (broad SMARTS) is 1. The molecule has 4 N–H and O–H groups in total. The van der Waals surface area contributed by atoms with Crippen molar-refractivity contribution in [1.29, 1.82) is 0 Å². The molecule has 1 aliphatic heterocycles. The van der Waals surface area contributed by atoms with Gasteiger partial charge in [-0.25, -0.2) is 4.79 Å². The number of carbonyl (C=O) groups excluding carboxylic acids is 5. The van der Waals surface area contributed by atoms with Crippen molar-refractivity contribution in [1.82, 2.24) is 10.2 Å². The molecule has 5 aliphatic rings. The molecule has 0 unspecified atom stereocenters. The highest BCUT2D eigenvalue weighted by molar-refractivity contribution is 5.93. The number of allylic oxidation sites excluding steroid dienone is 1. The lowest BCUT2D eigenvalue weighted by Crippen LogP contribution is -2.62. The molecule has 260 valence electrons. The molecule has 0 aromatic carbocycles. The highest BCUT2D eigenvalue weighted by Gasteiger charge is 2.68. The minimum absolute atomic E-state index is 0.0109. The zero-order valence-corrected chi connectivity index (χ0v) is 28.0. The number of Topliss-reactive ketones (excluding diaryl/α,β-unsaturated/α-hetero) is 1. The molecular weight excluding hydrogens is 608 g/mol. The molecule has 47 heavy (non-hydrogen) atoms. The van der Waals surface area contributed by atoms with Gasteiger partial charge in [-0.2, -0.15) is 0 Å². The third-order valence-corrected chi connectivity index (χ3v) is 12.5. The topological polar surface area (TPSA) is 188 Å². The number of aliphatic hydroxyl groups excluding tert-OH is 1. The van der Waals surface area contributed by atoms with Crippen molar-refractivity contribution >= 4 is 35.3 Å². The van der Waals surface area contributed by atoms with E-state index >= 15 is 0 Å². The maximum absolute atomic E-state index is 13.5. The molecule has 3 saturated carbocycles. The van der Waals surface area contributed by atoms with Gasteiger partial charge in [0.2, 0.25) is 17.6 Å². The number of fused-ring (bicyclic) bond motifs is 5. The van der Waals surface area contributed by atoms with Crippen LogP contribution in [0.2, 0.25) is 0 Å². The van der Waals surface area contributed by atoms with Crippen LogP contribution >= 0.6 is 0 Å². The number of hydrogen-bond donors (Lipinski definition) is 4. The fourth-order valence-electron chi connectivity index (χ4n) is 9.93. The van der Waals surface area contributed by atoms with Crippen molar-refractivity contribution in [2.45, 2.75) is 122 Å². The SMILES string of the molecule is CC(C)[C@H](NC(=O)CCC(=O)OCC(=O)[C@@]1(O)CC[C@H]2[C@H]3CCC4=CC(=O)CC[C@]4(C)[C@@H]3[C@@H](O)C[C@@]21C)C(=O)N1CCC[C@H]1C(=O)O. The maximum Gasteiger partial charge on any atom is 0.326 e. The third kappa shape index (κ3) is 6.16. The van der Waals surface area contributed by atoms with E-state index in [1.807, 2.05) is 6.92 Å². The van der Waals surface area contributed by atoms with E-state index in [4.69, 9.17) is 4.74 Å². The smallest absolute Gasteiger partial charge is 0.326 e. The Kier molecular flexibility index (Phi) is 9.78. The zero-order valence-electron chi connectivity index (χ0n) is 28.0. The van der Waals surface area contributed by atoms with E-state index in [0.717, 1.165) is 18.4 Å². The number of nitrogens with zero attached hydrogens (tertiary/aromatic N) is 1. The van der Waals surface area contributed by atoms with E-state index in [-0.39, 0.29) is 60.6 Å². The lowest BCUT2D eigenvalue weighted by Gasteiger charge is -2.60. The average molecular weight is 659 g/mol. The standard InChI is InChI=1S/C35H50N2O10/c1-19(2)30(31(43)37-15-5-6-24(37)32(44)45)36-27(41)9-10-28(42)47-18-26(40)35(46)14-12-23-22-8-7-20-16-21(38)11-13-33(20,3)29(22)25(39)17-34(23,35)4/h16,19,22-25,29-30,39,46H,5-15,17-18H2,1-4H3,(H,36,41)(H,44,45)/t22-,23+,24+,25+,29+,30+,33+,34+,35+/m1/s1. The van der Waals surface area contributed by atoms with E-state index in [9.17, 15) is 44.1 Å². The Labute approximate surface area is 275 Å². The Hall–Kier alpha value is -3.12. The van der Waals surface area contributed by atoms with E-state index in [1.165, 1.54) is 4.90 Å². The highest BCUT2D eigenvalue weighted by Crippen LogP contribution is 2.67. The number of ether oxygens (including phenoxy) is 1. The van der Waals surface area contributed by atoms with Gasteiger partial charge in [0.15, 0.2) is 12.4 Å². The summed E-state index contributed by atoms with van der Waals surface area (Å²) in [5.74, 6) is -3.75. The van der Waals surface area contributed by atoms with Gasteiger partial charge in [0.25, 0.3) is 0 Å². The molecule has 2 amide bonds.